The van der Waals surface area contributed by atoms with Crippen LogP contribution in [0.25, 0.3) is 11.0 Å². The van der Waals surface area contributed by atoms with E-state index in [2.05, 4.69) is 10.2 Å². The summed E-state index contributed by atoms with van der Waals surface area (Å²) in [6.07, 6.45) is 7.19. The van der Waals surface area contributed by atoms with Crippen LogP contribution in [-0.4, -0.2) is 37.0 Å². The minimum Gasteiger partial charge on any atom is -0.422 e. The number of piperidine rings is 1. The number of nitrogens with zero attached hydrogens (tertiary/aromatic N) is 1. The molecule has 3 rings (SSSR count). The van der Waals surface area contributed by atoms with Gasteiger partial charge < -0.3 is 14.6 Å². The summed E-state index contributed by atoms with van der Waals surface area (Å²) in [4.78, 5) is 26.7. The molecule has 0 atom stereocenters. The van der Waals surface area contributed by atoms with Crippen molar-refractivity contribution in [3.8, 4) is 0 Å². The Morgan fingerprint density at radius 3 is 2.72 bits per heavy atom. The Morgan fingerprint density at radius 1 is 1.08 bits per heavy atom. The van der Waals surface area contributed by atoms with Gasteiger partial charge in [-0.3, -0.25) is 4.79 Å². The molecule has 2 aromatic rings. The van der Waals surface area contributed by atoms with Gasteiger partial charge in [0.25, 0.3) is 5.91 Å². The van der Waals surface area contributed by atoms with Crippen LogP contribution >= 0.6 is 0 Å². The van der Waals surface area contributed by atoms with Gasteiger partial charge in [-0.15, -0.1) is 0 Å². The molecule has 1 saturated heterocycles. The predicted molar refractivity (Wildman–Crippen MR) is 99.0 cm³/mol. The molecular formula is C20H26N2O3. The van der Waals surface area contributed by atoms with Crippen molar-refractivity contribution in [2.45, 2.75) is 38.5 Å². The smallest absolute Gasteiger partial charge is 0.349 e. The van der Waals surface area contributed by atoms with Gasteiger partial charge in [0, 0.05) is 11.9 Å². The number of rotatable bonds is 7. The third-order valence-electron chi connectivity index (χ3n) is 4.77. The number of carbonyl (C=O) groups is 1. The highest BCUT2D eigenvalue weighted by atomic mass is 16.4. The van der Waals surface area contributed by atoms with Gasteiger partial charge in [0.15, 0.2) is 0 Å². The molecule has 0 bridgehead atoms. The zero-order chi connectivity index (χ0) is 17.5. The molecule has 134 valence electrons. The largest absolute Gasteiger partial charge is 0.422 e. The second-order valence-electron chi connectivity index (χ2n) is 6.70. The molecule has 1 aliphatic rings. The second kappa shape index (κ2) is 8.81. The van der Waals surface area contributed by atoms with Crippen LogP contribution < -0.4 is 10.9 Å². The van der Waals surface area contributed by atoms with Gasteiger partial charge in [0.05, 0.1) is 0 Å². The van der Waals surface area contributed by atoms with Gasteiger partial charge in [-0.05, 0) is 57.5 Å². The van der Waals surface area contributed by atoms with E-state index in [1.165, 1.54) is 32.4 Å². The van der Waals surface area contributed by atoms with Gasteiger partial charge in [0.2, 0.25) is 0 Å². The lowest BCUT2D eigenvalue weighted by atomic mass is 10.1. The van der Waals surface area contributed by atoms with E-state index in [0.29, 0.717) is 12.1 Å². The average molecular weight is 342 g/mol. The van der Waals surface area contributed by atoms with Crippen molar-refractivity contribution in [3.05, 3.63) is 46.3 Å². The van der Waals surface area contributed by atoms with Crippen LogP contribution in [0.1, 0.15) is 48.9 Å². The quantitative estimate of drug-likeness (QED) is 0.620. The zero-order valence-electron chi connectivity index (χ0n) is 14.6. The molecule has 0 saturated carbocycles. The number of likely N-dealkylation sites (tertiary alicyclic amines) is 1. The maximum absolute atomic E-state index is 12.2. The Hall–Kier alpha value is -2.14. The summed E-state index contributed by atoms with van der Waals surface area (Å²) in [7, 11) is 0. The van der Waals surface area contributed by atoms with Crippen molar-refractivity contribution in [3.63, 3.8) is 0 Å². The standard InChI is InChI=1S/C20H26N2O3/c23-19(17-15-16-9-3-4-10-18(16)25-20(17)24)21-11-5-1-6-12-22-13-7-2-8-14-22/h3-4,9-10,15H,1-2,5-8,11-14H2,(H,21,23). The summed E-state index contributed by atoms with van der Waals surface area (Å²) in [6.45, 7) is 4.20. The molecular weight excluding hydrogens is 316 g/mol. The van der Waals surface area contributed by atoms with Crippen molar-refractivity contribution >= 4 is 16.9 Å². The Morgan fingerprint density at radius 2 is 1.88 bits per heavy atom. The zero-order valence-corrected chi connectivity index (χ0v) is 14.6. The lowest BCUT2D eigenvalue weighted by Crippen LogP contribution is -2.31. The molecule has 1 aromatic heterocycles. The molecule has 1 N–H and O–H groups in total. The number of hydrogen-bond donors (Lipinski definition) is 1. The first-order chi connectivity index (χ1) is 12.2. The number of benzene rings is 1. The van der Waals surface area contributed by atoms with E-state index in [-0.39, 0.29) is 11.5 Å². The normalized spacial score (nSPS) is 15.4. The fourth-order valence-corrected chi connectivity index (χ4v) is 3.34. The van der Waals surface area contributed by atoms with E-state index in [1.54, 1.807) is 18.2 Å². The SMILES string of the molecule is O=C(NCCCCCN1CCCCC1)c1cc2ccccc2oc1=O. The molecule has 1 aliphatic heterocycles. The van der Waals surface area contributed by atoms with Crippen LogP contribution in [0.4, 0.5) is 0 Å². The van der Waals surface area contributed by atoms with Gasteiger partial charge in [-0.25, -0.2) is 4.79 Å². The number of fused-ring (bicyclic) bond motifs is 1. The number of unbranched alkanes of at least 4 members (excludes halogenated alkanes) is 2. The molecule has 0 radical (unpaired) electrons. The van der Waals surface area contributed by atoms with Crippen LogP contribution in [0.2, 0.25) is 0 Å². The van der Waals surface area contributed by atoms with Gasteiger partial charge in [-0.2, -0.15) is 0 Å². The van der Waals surface area contributed by atoms with Gasteiger partial charge in [-0.1, -0.05) is 31.0 Å². The summed E-state index contributed by atoms with van der Waals surface area (Å²) in [5.41, 5.74) is -0.00456. The first kappa shape index (κ1) is 17.7. The van der Waals surface area contributed by atoms with Crippen molar-refractivity contribution in [1.29, 1.82) is 0 Å². The number of para-hydroxylation sites is 1. The summed E-state index contributed by atoms with van der Waals surface area (Å²) < 4.78 is 5.20. The number of hydrogen-bond acceptors (Lipinski definition) is 4. The average Bonchev–Trinajstić information content (AvgIpc) is 2.64. The maximum Gasteiger partial charge on any atom is 0.349 e. The summed E-state index contributed by atoms with van der Waals surface area (Å²) >= 11 is 0. The van der Waals surface area contributed by atoms with E-state index in [0.717, 1.165) is 31.2 Å². The second-order valence-corrected chi connectivity index (χ2v) is 6.70. The fraction of sp³-hybridized carbons (Fsp3) is 0.500. The van der Waals surface area contributed by atoms with E-state index in [1.807, 2.05) is 12.1 Å². The first-order valence-electron chi connectivity index (χ1n) is 9.27. The minimum atomic E-state index is -0.582. The highest BCUT2D eigenvalue weighted by Crippen LogP contribution is 2.12. The molecule has 1 aromatic carbocycles. The van der Waals surface area contributed by atoms with E-state index in [9.17, 15) is 9.59 Å². The molecule has 1 fully saturated rings. The maximum atomic E-state index is 12.2. The summed E-state index contributed by atoms with van der Waals surface area (Å²) in [5, 5.41) is 3.59. The molecule has 0 aliphatic carbocycles. The van der Waals surface area contributed by atoms with Crippen molar-refractivity contribution < 1.29 is 9.21 Å². The Kier molecular flexibility index (Phi) is 6.23. The third-order valence-corrected chi connectivity index (χ3v) is 4.77. The highest BCUT2D eigenvalue weighted by Gasteiger charge is 2.13. The molecule has 0 spiro atoms. The lowest BCUT2D eigenvalue weighted by molar-refractivity contribution is 0.0949. The summed E-state index contributed by atoms with van der Waals surface area (Å²) in [6, 6.07) is 8.81. The Bertz CT molecular complexity index is 763. The number of nitrogens with one attached hydrogen (secondary N) is 1. The van der Waals surface area contributed by atoms with Crippen molar-refractivity contribution in [2.75, 3.05) is 26.2 Å². The predicted octanol–water partition coefficient (Wildman–Crippen LogP) is 3.18. The van der Waals surface area contributed by atoms with E-state index >= 15 is 0 Å². The Labute approximate surface area is 148 Å². The molecule has 0 unspecified atom stereocenters. The van der Waals surface area contributed by atoms with Gasteiger partial charge >= 0.3 is 5.63 Å². The van der Waals surface area contributed by atoms with Crippen LogP contribution in [0, 0.1) is 0 Å². The van der Waals surface area contributed by atoms with Crippen LogP contribution in [0.3, 0.4) is 0 Å². The molecule has 2 heterocycles. The third kappa shape index (κ3) is 4.92. The van der Waals surface area contributed by atoms with Crippen molar-refractivity contribution in [2.24, 2.45) is 0 Å². The summed E-state index contributed by atoms with van der Waals surface area (Å²) in [5.74, 6) is -0.351. The van der Waals surface area contributed by atoms with E-state index < -0.39 is 5.63 Å². The molecule has 5 nitrogen and oxygen atoms in total. The molecule has 1 amide bonds. The van der Waals surface area contributed by atoms with Gasteiger partial charge in [0.1, 0.15) is 11.1 Å². The lowest BCUT2D eigenvalue weighted by Gasteiger charge is -2.26. The molecule has 5 heteroatoms. The minimum absolute atomic E-state index is 0.0759. The van der Waals surface area contributed by atoms with Crippen LogP contribution in [-0.2, 0) is 0 Å². The van der Waals surface area contributed by atoms with Crippen molar-refractivity contribution in [1.82, 2.24) is 10.2 Å². The Balaban J connectivity index is 1.42. The van der Waals surface area contributed by atoms with E-state index in [4.69, 9.17) is 4.42 Å². The number of carbonyl (C=O) groups excluding carboxylic acids is 1. The van der Waals surface area contributed by atoms with Crippen LogP contribution in [0.5, 0.6) is 0 Å². The topological polar surface area (TPSA) is 62.6 Å². The monoisotopic (exact) mass is 342 g/mol. The fourth-order valence-electron chi connectivity index (χ4n) is 3.34. The highest BCUT2D eigenvalue weighted by molar-refractivity contribution is 5.96. The number of amides is 1. The molecule has 25 heavy (non-hydrogen) atoms. The first-order valence-corrected chi connectivity index (χ1v) is 9.27. The van der Waals surface area contributed by atoms with Crippen LogP contribution in [0.15, 0.2) is 39.5 Å².